The average molecular weight is 412 g/mol. The van der Waals surface area contributed by atoms with Crippen molar-refractivity contribution in [3.8, 4) is 34.1 Å². The fourth-order valence-corrected chi connectivity index (χ4v) is 2.98. The van der Waals surface area contributed by atoms with E-state index in [1.807, 2.05) is 42.5 Å². The Morgan fingerprint density at radius 3 is 1.70 bits per heavy atom. The van der Waals surface area contributed by atoms with Crippen LogP contribution in [0.25, 0.3) is 22.3 Å². The summed E-state index contributed by atoms with van der Waals surface area (Å²) in [6.07, 6.45) is -1.13. The fraction of sp³-hybridized carbons (Fsp3) is 0.120. The Balaban J connectivity index is 1.84. The molecule has 0 bridgehead atoms. The lowest BCUT2D eigenvalue weighted by Crippen LogP contribution is -2.02. The molecule has 0 radical (unpaired) electrons. The number of benzene rings is 3. The molecule has 0 fully saturated rings. The molecule has 0 atom stereocenters. The highest BCUT2D eigenvalue weighted by atomic mass is 19.4. The van der Waals surface area contributed by atoms with Crippen molar-refractivity contribution < 1.29 is 22.0 Å². The number of aryl methyl sites for hydroxylation is 1. The topological polar surface area (TPSA) is 0 Å². The van der Waals surface area contributed by atoms with Crippen LogP contribution in [0.3, 0.4) is 0 Å². The summed E-state index contributed by atoms with van der Waals surface area (Å²) in [5.41, 5.74) is 2.99. The Kier molecular flexibility index (Phi) is 6.37. The van der Waals surface area contributed by atoms with Crippen LogP contribution in [0.2, 0.25) is 0 Å². The molecule has 0 aliphatic heterocycles. The van der Waals surface area contributed by atoms with Gasteiger partial charge in [-0.2, -0.15) is 13.2 Å². The van der Waals surface area contributed by atoms with Gasteiger partial charge in [-0.15, -0.1) is 6.58 Å². The van der Waals surface area contributed by atoms with Crippen LogP contribution in [0.15, 0.2) is 73.3 Å². The summed E-state index contributed by atoms with van der Waals surface area (Å²) in [4.78, 5) is 0. The second-order valence-electron chi connectivity index (χ2n) is 6.66. The molecule has 5 heteroatoms. The van der Waals surface area contributed by atoms with Crippen molar-refractivity contribution in [2.75, 3.05) is 0 Å². The summed E-state index contributed by atoms with van der Waals surface area (Å²) in [5, 5.41) is 0. The Hall–Kier alpha value is -3.39. The zero-order chi connectivity index (χ0) is 21.7. The van der Waals surface area contributed by atoms with Crippen molar-refractivity contribution in [3.05, 3.63) is 96.1 Å². The van der Waals surface area contributed by atoms with Gasteiger partial charge in [0.1, 0.15) is 11.6 Å². The normalized spacial score (nSPS) is 11.0. The van der Waals surface area contributed by atoms with E-state index in [9.17, 15) is 22.0 Å². The van der Waals surface area contributed by atoms with Gasteiger partial charge in [0.2, 0.25) is 0 Å². The Morgan fingerprint density at radius 1 is 0.767 bits per heavy atom. The maximum Gasteiger partial charge on any atom is 0.458 e. The van der Waals surface area contributed by atoms with E-state index in [0.717, 1.165) is 42.0 Å². The summed E-state index contributed by atoms with van der Waals surface area (Å²) in [7, 11) is 0. The molecular weight excluding hydrogens is 395 g/mol. The third-order valence-corrected chi connectivity index (χ3v) is 4.51. The number of hydrogen-bond donors (Lipinski definition) is 0. The summed E-state index contributed by atoms with van der Waals surface area (Å²) >= 11 is 0. The number of rotatable bonds is 5. The number of alkyl halides is 3. The molecule has 0 unspecified atom stereocenters. The monoisotopic (exact) mass is 412 g/mol. The van der Waals surface area contributed by atoms with Crippen molar-refractivity contribution in [2.45, 2.75) is 19.0 Å². The van der Waals surface area contributed by atoms with Crippen molar-refractivity contribution in [3.63, 3.8) is 0 Å². The van der Waals surface area contributed by atoms with E-state index >= 15 is 0 Å². The van der Waals surface area contributed by atoms with Crippen LogP contribution in [0.1, 0.15) is 17.5 Å². The van der Waals surface area contributed by atoms with E-state index in [4.69, 9.17) is 0 Å². The molecule has 0 saturated heterocycles. The Labute approximate surface area is 171 Å². The molecule has 0 N–H and O–H groups in total. The van der Waals surface area contributed by atoms with Gasteiger partial charge in [-0.05, 0) is 52.8 Å². The van der Waals surface area contributed by atoms with Crippen LogP contribution in [-0.2, 0) is 6.42 Å². The predicted molar refractivity (Wildman–Crippen MR) is 109 cm³/mol. The average Bonchev–Trinajstić information content (AvgIpc) is 2.71. The molecule has 3 aromatic rings. The second-order valence-corrected chi connectivity index (χ2v) is 6.66. The molecule has 0 heterocycles. The standard InChI is InChI=1S/C25H17F5/c1-2-3-4-17-5-7-18(8-6-17)19-9-11-20(12-10-19)21-15-23(26)22(24(27)16-21)13-14-25(28,29)30/h2,5-12,15-16H,1,3-4H2. The molecule has 0 nitrogen and oxygen atoms in total. The highest BCUT2D eigenvalue weighted by molar-refractivity contribution is 5.71. The molecule has 3 aromatic carbocycles. The minimum absolute atomic E-state index is 0.217. The van der Waals surface area contributed by atoms with Crippen LogP contribution in [0.5, 0.6) is 0 Å². The van der Waals surface area contributed by atoms with Gasteiger partial charge in [-0.25, -0.2) is 8.78 Å². The van der Waals surface area contributed by atoms with Crippen molar-refractivity contribution >= 4 is 0 Å². The molecule has 0 aliphatic carbocycles. The quantitative estimate of drug-likeness (QED) is 0.234. The minimum atomic E-state index is -4.82. The zero-order valence-corrected chi connectivity index (χ0v) is 15.9. The van der Waals surface area contributed by atoms with Gasteiger partial charge in [0.15, 0.2) is 0 Å². The molecule has 30 heavy (non-hydrogen) atoms. The highest BCUT2D eigenvalue weighted by Gasteiger charge is 2.23. The van der Waals surface area contributed by atoms with E-state index in [0.29, 0.717) is 5.56 Å². The number of halogens is 5. The summed E-state index contributed by atoms with van der Waals surface area (Å²) in [6.45, 7) is 3.71. The molecule has 0 saturated carbocycles. The van der Waals surface area contributed by atoms with Crippen LogP contribution in [0.4, 0.5) is 22.0 Å². The number of hydrogen-bond acceptors (Lipinski definition) is 0. The van der Waals surface area contributed by atoms with Gasteiger partial charge >= 0.3 is 6.18 Å². The van der Waals surface area contributed by atoms with Gasteiger partial charge in [-0.1, -0.05) is 60.5 Å². The first-order chi connectivity index (χ1) is 14.3. The van der Waals surface area contributed by atoms with Crippen LogP contribution in [-0.4, -0.2) is 6.18 Å². The maximum absolute atomic E-state index is 14.1. The first kappa shape index (κ1) is 21.3. The largest absolute Gasteiger partial charge is 0.458 e. The van der Waals surface area contributed by atoms with Crippen molar-refractivity contribution in [1.82, 2.24) is 0 Å². The number of allylic oxidation sites excluding steroid dienone is 1. The van der Waals surface area contributed by atoms with Crippen molar-refractivity contribution in [2.24, 2.45) is 0 Å². The van der Waals surface area contributed by atoms with E-state index in [2.05, 4.69) is 6.58 Å². The van der Waals surface area contributed by atoms with Crippen LogP contribution >= 0.6 is 0 Å². The fourth-order valence-electron chi connectivity index (χ4n) is 2.98. The third kappa shape index (κ3) is 5.36. The van der Waals surface area contributed by atoms with Gasteiger partial charge in [0.25, 0.3) is 0 Å². The molecule has 0 aromatic heterocycles. The van der Waals surface area contributed by atoms with Gasteiger partial charge < -0.3 is 0 Å². The molecular formula is C25H17F5. The molecule has 0 amide bonds. The first-order valence-electron chi connectivity index (χ1n) is 9.16. The lowest BCUT2D eigenvalue weighted by Gasteiger charge is -2.08. The van der Waals surface area contributed by atoms with E-state index in [1.54, 1.807) is 12.1 Å². The SMILES string of the molecule is C=CCCc1ccc(-c2ccc(-c3cc(F)c(C#CC(F)(F)F)c(F)c3)cc2)cc1. The maximum atomic E-state index is 14.1. The predicted octanol–water partition coefficient (Wildman–Crippen LogP) is 7.33. The summed E-state index contributed by atoms with van der Waals surface area (Å²) < 4.78 is 64.8. The molecule has 0 aliphatic rings. The van der Waals surface area contributed by atoms with Crippen molar-refractivity contribution in [1.29, 1.82) is 0 Å². The minimum Gasteiger partial charge on any atom is -0.205 e. The van der Waals surface area contributed by atoms with Crippen LogP contribution in [0, 0.1) is 23.5 Å². The van der Waals surface area contributed by atoms with Gasteiger partial charge in [-0.3, -0.25) is 0 Å². The lowest BCUT2D eigenvalue weighted by molar-refractivity contribution is -0.0696. The Morgan fingerprint density at radius 2 is 1.23 bits per heavy atom. The van der Waals surface area contributed by atoms with Crippen LogP contribution < -0.4 is 0 Å². The zero-order valence-electron chi connectivity index (χ0n) is 15.9. The smallest absolute Gasteiger partial charge is 0.205 e. The van der Waals surface area contributed by atoms with Gasteiger partial charge in [0, 0.05) is 5.92 Å². The van der Waals surface area contributed by atoms with E-state index in [-0.39, 0.29) is 5.56 Å². The lowest BCUT2D eigenvalue weighted by atomic mass is 9.98. The summed E-state index contributed by atoms with van der Waals surface area (Å²) in [5.74, 6) is 0.126. The molecule has 0 spiro atoms. The van der Waals surface area contributed by atoms with E-state index in [1.165, 1.54) is 11.5 Å². The second kappa shape index (κ2) is 8.96. The Bertz CT molecular complexity index is 1070. The highest BCUT2D eigenvalue weighted by Crippen LogP contribution is 2.28. The van der Waals surface area contributed by atoms with Gasteiger partial charge in [0.05, 0.1) is 5.56 Å². The molecule has 3 rings (SSSR count). The molecule has 152 valence electrons. The summed E-state index contributed by atoms with van der Waals surface area (Å²) in [6, 6.07) is 17.1. The third-order valence-electron chi connectivity index (χ3n) is 4.51. The first-order valence-corrected chi connectivity index (χ1v) is 9.16. The van der Waals surface area contributed by atoms with E-state index < -0.39 is 23.4 Å².